The minimum Gasteiger partial charge on any atom is -0.475 e. The molecule has 3 rings (SSSR count). The predicted molar refractivity (Wildman–Crippen MR) is 89.3 cm³/mol. The molecule has 0 spiro atoms. The molecular weight excluding hydrogens is 324 g/mol. The summed E-state index contributed by atoms with van der Waals surface area (Å²) in [5, 5.41) is 10.3. The number of methoxy groups -OCH3 is 1. The average molecular weight is 340 g/mol. The third-order valence-electron chi connectivity index (χ3n) is 3.27. The number of aromatic nitrogens is 3. The van der Waals surface area contributed by atoms with Crippen LogP contribution in [0.1, 0.15) is 10.4 Å². The summed E-state index contributed by atoms with van der Waals surface area (Å²) in [4.78, 5) is 16.7. The first kappa shape index (κ1) is 16.6. The van der Waals surface area contributed by atoms with Crippen LogP contribution in [0.4, 0.5) is 5.69 Å². The largest absolute Gasteiger partial charge is 0.475 e. The highest BCUT2D eigenvalue weighted by Crippen LogP contribution is 2.22. The van der Waals surface area contributed by atoms with Crippen molar-refractivity contribution in [3.8, 4) is 17.3 Å². The number of carbonyl (C=O) groups excluding carboxylic acids is 1. The van der Waals surface area contributed by atoms with Gasteiger partial charge in [0.2, 0.25) is 18.2 Å². The van der Waals surface area contributed by atoms with Crippen molar-refractivity contribution in [1.82, 2.24) is 15.2 Å². The lowest BCUT2D eigenvalue weighted by Gasteiger charge is -2.10. The molecule has 1 N–H and O–H groups in total. The molecule has 0 saturated heterocycles. The molecule has 2 heterocycles. The van der Waals surface area contributed by atoms with Crippen LogP contribution in [-0.4, -0.2) is 41.4 Å². The number of nitrogens with zero attached hydrogens (tertiary/aromatic N) is 3. The van der Waals surface area contributed by atoms with Gasteiger partial charge >= 0.3 is 0 Å². The Morgan fingerprint density at radius 3 is 2.96 bits per heavy atom. The second-order valence-electron chi connectivity index (χ2n) is 4.98. The minimum atomic E-state index is -0.330. The summed E-state index contributed by atoms with van der Waals surface area (Å²) < 4.78 is 15.6. The maximum atomic E-state index is 12.6. The summed E-state index contributed by atoms with van der Waals surface area (Å²) in [6.45, 7) is 0.713. The van der Waals surface area contributed by atoms with Gasteiger partial charge in [-0.2, -0.15) is 0 Å². The second kappa shape index (κ2) is 8.02. The summed E-state index contributed by atoms with van der Waals surface area (Å²) in [5.74, 6) is 0.300. The molecule has 1 amide bonds. The van der Waals surface area contributed by atoms with Crippen LogP contribution in [-0.2, 0) is 4.74 Å². The van der Waals surface area contributed by atoms with Crippen molar-refractivity contribution >= 4 is 11.6 Å². The number of rotatable bonds is 7. The fourth-order valence-corrected chi connectivity index (χ4v) is 2.13. The van der Waals surface area contributed by atoms with Crippen molar-refractivity contribution in [2.45, 2.75) is 0 Å². The van der Waals surface area contributed by atoms with Crippen LogP contribution in [0.2, 0.25) is 0 Å². The number of benzene rings is 1. The summed E-state index contributed by atoms with van der Waals surface area (Å²) >= 11 is 0. The first-order chi connectivity index (χ1) is 12.3. The van der Waals surface area contributed by atoms with Crippen molar-refractivity contribution in [2.75, 3.05) is 25.6 Å². The molecule has 0 fully saturated rings. The molecule has 128 valence electrons. The van der Waals surface area contributed by atoms with E-state index in [9.17, 15) is 4.79 Å². The maximum absolute atomic E-state index is 12.6. The Hall–Kier alpha value is -3.26. The van der Waals surface area contributed by atoms with Gasteiger partial charge in [0.05, 0.1) is 6.61 Å². The van der Waals surface area contributed by atoms with Gasteiger partial charge in [0.15, 0.2) is 0 Å². The molecule has 2 aromatic heterocycles. The molecule has 0 aliphatic rings. The fraction of sp³-hybridized carbons (Fsp3) is 0.176. The third kappa shape index (κ3) is 4.18. The van der Waals surface area contributed by atoms with E-state index in [4.69, 9.17) is 13.9 Å². The number of hydrogen-bond acceptors (Lipinski definition) is 7. The number of carbonyl (C=O) groups is 1. The molecule has 1 aromatic carbocycles. The van der Waals surface area contributed by atoms with Crippen LogP contribution in [0.15, 0.2) is 53.4 Å². The lowest BCUT2D eigenvalue weighted by atomic mass is 10.2. The van der Waals surface area contributed by atoms with Crippen molar-refractivity contribution in [2.24, 2.45) is 0 Å². The molecule has 25 heavy (non-hydrogen) atoms. The van der Waals surface area contributed by atoms with Gasteiger partial charge < -0.3 is 19.2 Å². The lowest BCUT2D eigenvalue weighted by Crippen LogP contribution is -2.15. The summed E-state index contributed by atoms with van der Waals surface area (Å²) in [6.07, 6.45) is 2.81. The highest BCUT2D eigenvalue weighted by atomic mass is 16.5. The van der Waals surface area contributed by atoms with Crippen LogP contribution in [0.3, 0.4) is 0 Å². The molecule has 0 aliphatic heterocycles. The van der Waals surface area contributed by atoms with Crippen LogP contribution >= 0.6 is 0 Å². The monoisotopic (exact) mass is 340 g/mol. The Balaban J connectivity index is 1.76. The predicted octanol–water partition coefficient (Wildman–Crippen LogP) is 2.41. The van der Waals surface area contributed by atoms with E-state index in [-0.39, 0.29) is 11.8 Å². The summed E-state index contributed by atoms with van der Waals surface area (Å²) in [7, 11) is 1.58. The molecule has 3 aromatic rings. The molecule has 8 nitrogen and oxygen atoms in total. The molecular formula is C17H16N4O4. The van der Waals surface area contributed by atoms with Crippen molar-refractivity contribution in [1.29, 1.82) is 0 Å². The Labute approximate surface area is 143 Å². The minimum absolute atomic E-state index is 0.255. The quantitative estimate of drug-likeness (QED) is 0.659. The first-order valence-corrected chi connectivity index (χ1v) is 7.52. The van der Waals surface area contributed by atoms with Gasteiger partial charge in [-0.15, -0.1) is 10.2 Å². The smallest absolute Gasteiger partial charge is 0.261 e. The van der Waals surface area contributed by atoms with Gasteiger partial charge in [-0.25, -0.2) is 4.98 Å². The van der Waals surface area contributed by atoms with Gasteiger partial charge in [-0.05, 0) is 30.3 Å². The number of pyridine rings is 1. The molecule has 0 saturated carbocycles. The molecule has 8 heteroatoms. The maximum Gasteiger partial charge on any atom is 0.261 e. The third-order valence-corrected chi connectivity index (χ3v) is 3.27. The van der Waals surface area contributed by atoms with Gasteiger partial charge in [-0.1, -0.05) is 6.07 Å². The second-order valence-corrected chi connectivity index (χ2v) is 4.98. The van der Waals surface area contributed by atoms with Crippen molar-refractivity contribution in [3.63, 3.8) is 0 Å². The molecule has 0 radical (unpaired) electrons. The van der Waals surface area contributed by atoms with Gasteiger partial charge in [-0.3, -0.25) is 4.79 Å². The fourth-order valence-electron chi connectivity index (χ4n) is 2.13. The SMILES string of the molecule is COCCOc1ncccc1C(=O)Nc1cccc(-c2nnco2)c1. The highest BCUT2D eigenvalue weighted by Gasteiger charge is 2.14. The molecule has 0 unspecified atom stereocenters. The molecule has 0 bridgehead atoms. The van der Waals surface area contributed by atoms with E-state index in [1.807, 2.05) is 6.07 Å². The van der Waals surface area contributed by atoms with E-state index in [0.717, 1.165) is 0 Å². The Morgan fingerprint density at radius 1 is 1.24 bits per heavy atom. The lowest BCUT2D eigenvalue weighted by molar-refractivity contribution is 0.101. The van der Waals surface area contributed by atoms with Crippen molar-refractivity contribution < 1.29 is 18.7 Å². The standard InChI is InChI=1S/C17H16N4O4/c1-23-8-9-24-17-14(6-3-7-18-17)15(22)20-13-5-2-4-12(10-13)16-21-19-11-25-16/h2-7,10-11H,8-9H2,1H3,(H,20,22). The Morgan fingerprint density at radius 2 is 2.16 bits per heavy atom. The molecule has 0 aliphatic carbocycles. The first-order valence-electron chi connectivity index (χ1n) is 7.52. The zero-order chi connectivity index (χ0) is 17.5. The summed E-state index contributed by atoms with van der Waals surface area (Å²) in [6, 6.07) is 10.4. The number of ether oxygens (including phenoxy) is 2. The van der Waals surface area contributed by atoms with E-state index in [2.05, 4.69) is 20.5 Å². The van der Waals surface area contributed by atoms with Crippen LogP contribution in [0.5, 0.6) is 5.88 Å². The van der Waals surface area contributed by atoms with Crippen molar-refractivity contribution in [3.05, 3.63) is 54.6 Å². The van der Waals surface area contributed by atoms with Crippen LogP contribution in [0.25, 0.3) is 11.5 Å². The zero-order valence-electron chi connectivity index (χ0n) is 13.5. The van der Waals surface area contributed by atoms with Gasteiger partial charge in [0, 0.05) is 24.6 Å². The molecule has 0 atom stereocenters. The summed E-state index contributed by atoms with van der Waals surface area (Å²) in [5.41, 5.74) is 1.63. The van der Waals surface area contributed by atoms with E-state index >= 15 is 0 Å². The van der Waals surface area contributed by atoms with E-state index in [0.29, 0.717) is 35.9 Å². The number of amides is 1. The van der Waals surface area contributed by atoms with Crippen LogP contribution < -0.4 is 10.1 Å². The van der Waals surface area contributed by atoms with Crippen LogP contribution in [0, 0.1) is 0 Å². The van der Waals surface area contributed by atoms with Gasteiger partial charge in [0.1, 0.15) is 12.2 Å². The zero-order valence-corrected chi connectivity index (χ0v) is 13.5. The van der Waals surface area contributed by atoms with Gasteiger partial charge in [0.25, 0.3) is 5.91 Å². The van der Waals surface area contributed by atoms with E-state index < -0.39 is 0 Å². The highest BCUT2D eigenvalue weighted by molar-refractivity contribution is 6.06. The number of nitrogens with one attached hydrogen (secondary N) is 1. The Kier molecular flexibility index (Phi) is 5.32. The van der Waals surface area contributed by atoms with E-state index in [1.165, 1.54) is 6.39 Å². The topological polar surface area (TPSA) is 99.4 Å². The number of hydrogen-bond donors (Lipinski definition) is 1. The number of anilines is 1. The normalized spacial score (nSPS) is 10.4. The Bertz CT molecular complexity index is 836. The average Bonchev–Trinajstić information content (AvgIpc) is 3.17. The van der Waals surface area contributed by atoms with E-state index in [1.54, 1.807) is 43.6 Å².